The van der Waals surface area contributed by atoms with Gasteiger partial charge in [0.1, 0.15) is 23.8 Å². The third-order valence-electron chi connectivity index (χ3n) is 4.36. The lowest BCUT2D eigenvalue weighted by molar-refractivity contribution is -0.00814. The molecule has 1 fully saturated rings. The summed E-state index contributed by atoms with van der Waals surface area (Å²) < 4.78 is 26.7. The number of morpholine rings is 1. The molecule has 1 aliphatic rings. The maximum Gasteiger partial charge on any atom is 0.193 e. The van der Waals surface area contributed by atoms with E-state index < -0.39 is 0 Å². The zero-order valence-corrected chi connectivity index (χ0v) is 18.7. The topological polar surface area (TPSA) is 63.9 Å². The first-order chi connectivity index (χ1) is 13.0. The number of benzene rings is 1. The van der Waals surface area contributed by atoms with E-state index in [1.165, 1.54) is 12.1 Å². The van der Waals surface area contributed by atoms with Crippen LogP contribution in [0.2, 0.25) is 0 Å². The highest BCUT2D eigenvalue weighted by atomic mass is 127. The highest BCUT2D eigenvalue weighted by molar-refractivity contribution is 14.0. The number of ether oxygens (including phenoxy) is 2. The summed E-state index contributed by atoms with van der Waals surface area (Å²) >= 11 is 0. The van der Waals surface area contributed by atoms with Crippen LogP contribution in [0.1, 0.15) is 18.6 Å². The van der Waals surface area contributed by atoms with Crippen LogP contribution in [-0.2, 0) is 11.8 Å². The zero-order valence-electron chi connectivity index (χ0n) is 16.3. The summed E-state index contributed by atoms with van der Waals surface area (Å²) in [6.45, 7) is 4.57. The van der Waals surface area contributed by atoms with Crippen molar-refractivity contribution in [1.29, 1.82) is 0 Å². The Morgan fingerprint density at radius 2 is 2.32 bits per heavy atom. The number of hydrogen-bond acceptors (Lipinski definition) is 4. The summed E-state index contributed by atoms with van der Waals surface area (Å²) in [4.78, 5) is 6.54. The lowest BCUT2D eigenvalue weighted by atomic mass is 10.1. The third kappa shape index (κ3) is 6.06. The summed E-state index contributed by atoms with van der Waals surface area (Å²) in [6.07, 6.45) is 3.63. The molecule has 3 rings (SSSR count). The van der Waals surface area contributed by atoms with Crippen molar-refractivity contribution in [1.82, 2.24) is 20.0 Å². The Morgan fingerprint density at radius 3 is 3.00 bits per heavy atom. The smallest absolute Gasteiger partial charge is 0.193 e. The van der Waals surface area contributed by atoms with E-state index in [4.69, 9.17) is 9.47 Å². The van der Waals surface area contributed by atoms with Crippen LogP contribution in [0.4, 0.5) is 4.39 Å². The van der Waals surface area contributed by atoms with Gasteiger partial charge in [-0.3, -0.25) is 9.67 Å². The molecule has 0 aliphatic carbocycles. The van der Waals surface area contributed by atoms with Crippen LogP contribution < -0.4 is 10.1 Å². The van der Waals surface area contributed by atoms with E-state index in [0.717, 1.165) is 18.1 Å². The van der Waals surface area contributed by atoms with Gasteiger partial charge in [-0.15, -0.1) is 24.0 Å². The van der Waals surface area contributed by atoms with E-state index in [2.05, 4.69) is 20.3 Å². The van der Waals surface area contributed by atoms with Gasteiger partial charge in [-0.25, -0.2) is 4.39 Å². The predicted octanol–water partition coefficient (Wildman–Crippen LogP) is 2.59. The lowest BCUT2D eigenvalue weighted by Gasteiger charge is -2.35. The van der Waals surface area contributed by atoms with E-state index in [0.29, 0.717) is 25.4 Å². The fraction of sp³-hybridized carbons (Fsp3) is 0.474. The van der Waals surface area contributed by atoms with E-state index in [9.17, 15) is 4.39 Å². The van der Waals surface area contributed by atoms with Crippen molar-refractivity contribution in [3.63, 3.8) is 0 Å². The Kier molecular flexibility index (Phi) is 8.49. The summed E-state index contributed by atoms with van der Waals surface area (Å²) in [5, 5.41) is 7.55. The van der Waals surface area contributed by atoms with Crippen LogP contribution in [0, 0.1) is 5.82 Å². The van der Waals surface area contributed by atoms with Gasteiger partial charge in [0.05, 0.1) is 25.9 Å². The molecule has 2 unspecified atom stereocenters. The molecule has 0 radical (unpaired) electrons. The van der Waals surface area contributed by atoms with Crippen LogP contribution in [0.15, 0.2) is 41.7 Å². The third-order valence-corrected chi connectivity index (χ3v) is 4.36. The van der Waals surface area contributed by atoms with Gasteiger partial charge in [-0.1, -0.05) is 6.07 Å². The minimum Gasteiger partial charge on any atom is -0.489 e. The van der Waals surface area contributed by atoms with Gasteiger partial charge < -0.3 is 19.7 Å². The largest absolute Gasteiger partial charge is 0.489 e. The Hall–Kier alpha value is -1.88. The van der Waals surface area contributed by atoms with E-state index in [1.54, 1.807) is 23.9 Å². The maximum absolute atomic E-state index is 13.3. The number of guanidine groups is 1. The first-order valence-corrected chi connectivity index (χ1v) is 9.03. The quantitative estimate of drug-likeness (QED) is 0.386. The first-order valence-electron chi connectivity index (χ1n) is 9.03. The van der Waals surface area contributed by atoms with Crippen molar-refractivity contribution in [3.05, 3.63) is 48.0 Å². The Morgan fingerprint density at radius 1 is 1.50 bits per heavy atom. The Balaban J connectivity index is 0.00000280. The molecule has 9 heteroatoms. The molecule has 0 spiro atoms. The number of hydrogen-bond donors (Lipinski definition) is 1. The Labute approximate surface area is 181 Å². The van der Waals surface area contributed by atoms with Gasteiger partial charge in [0, 0.05) is 38.5 Å². The molecule has 2 heterocycles. The monoisotopic (exact) mass is 503 g/mol. The first kappa shape index (κ1) is 22.4. The normalized spacial score (nSPS) is 18.4. The average molecular weight is 503 g/mol. The minimum atomic E-state index is -0.307. The minimum absolute atomic E-state index is 0. The summed E-state index contributed by atoms with van der Waals surface area (Å²) in [6, 6.07) is 6.16. The lowest BCUT2D eigenvalue weighted by Crippen LogP contribution is -2.49. The average Bonchev–Trinajstić information content (AvgIpc) is 3.09. The molecule has 1 aliphatic heterocycles. The number of rotatable bonds is 5. The van der Waals surface area contributed by atoms with Gasteiger partial charge >= 0.3 is 0 Å². The van der Waals surface area contributed by atoms with Gasteiger partial charge in [0.2, 0.25) is 0 Å². The molecule has 0 amide bonds. The molecule has 154 valence electrons. The summed E-state index contributed by atoms with van der Waals surface area (Å²) in [5.74, 6) is 1.00. The number of aromatic nitrogens is 2. The van der Waals surface area contributed by atoms with Crippen LogP contribution >= 0.6 is 24.0 Å². The fourth-order valence-corrected chi connectivity index (χ4v) is 3.03. The van der Waals surface area contributed by atoms with E-state index >= 15 is 0 Å². The fourth-order valence-electron chi connectivity index (χ4n) is 3.03. The van der Waals surface area contributed by atoms with Crippen molar-refractivity contribution in [2.45, 2.75) is 19.1 Å². The predicted molar refractivity (Wildman–Crippen MR) is 117 cm³/mol. The molecular formula is C19H27FIN5O2. The second-order valence-electron chi connectivity index (χ2n) is 6.57. The molecule has 2 atom stereocenters. The van der Waals surface area contributed by atoms with Crippen LogP contribution in [0.3, 0.4) is 0 Å². The zero-order chi connectivity index (χ0) is 19.2. The SMILES string of the molecule is CN=C(NCC(C)Oc1cccc(F)c1)N1CCOC(c2cnn(C)c2)C1.I. The molecule has 7 nitrogen and oxygen atoms in total. The highest BCUT2D eigenvalue weighted by Crippen LogP contribution is 2.21. The van der Waals surface area contributed by atoms with Gasteiger partial charge in [-0.05, 0) is 19.1 Å². The molecule has 1 saturated heterocycles. The van der Waals surface area contributed by atoms with E-state index in [-0.39, 0.29) is 42.0 Å². The summed E-state index contributed by atoms with van der Waals surface area (Å²) in [7, 11) is 3.65. The van der Waals surface area contributed by atoms with Crippen molar-refractivity contribution in [2.75, 3.05) is 33.3 Å². The van der Waals surface area contributed by atoms with Crippen molar-refractivity contribution < 1.29 is 13.9 Å². The number of aryl methyl sites for hydroxylation is 1. The van der Waals surface area contributed by atoms with Gasteiger partial charge in [0.15, 0.2) is 5.96 Å². The number of nitrogens with zero attached hydrogens (tertiary/aromatic N) is 4. The second kappa shape index (κ2) is 10.6. The highest BCUT2D eigenvalue weighted by Gasteiger charge is 2.25. The van der Waals surface area contributed by atoms with Crippen LogP contribution in [0.25, 0.3) is 0 Å². The van der Waals surface area contributed by atoms with Crippen molar-refractivity contribution in [3.8, 4) is 5.75 Å². The number of halogens is 2. The van der Waals surface area contributed by atoms with E-state index in [1.807, 2.05) is 26.4 Å². The molecule has 0 saturated carbocycles. The van der Waals surface area contributed by atoms with Gasteiger partial charge in [-0.2, -0.15) is 5.10 Å². The Bertz CT molecular complexity index is 785. The maximum atomic E-state index is 13.3. The second-order valence-corrected chi connectivity index (χ2v) is 6.57. The number of nitrogens with one attached hydrogen (secondary N) is 1. The van der Waals surface area contributed by atoms with Crippen LogP contribution in [0.5, 0.6) is 5.75 Å². The van der Waals surface area contributed by atoms with Gasteiger partial charge in [0.25, 0.3) is 0 Å². The van der Waals surface area contributed by atoms with Crippen LogP contribution in [-0.4, -0.2) is 60.0 Å². The molecule has 28 heavy (non-hydrogen) atoms. The molecular weight excluding hydrogens is 476 g/mol. The molecule has 1 aromatic carbocycles. The standard InChI is InChI=1S/C19H26FN5O2.HI/c1-14(27-17-6-4-5-16(20)9-17)10-22-19(21-2)25-7-8-26-18(13-25)15-11-23-24(3)12-15;/h4-6,9,11-12,14,18H,7-8,10,13H2,1-3H3,(H,21,22);1H. The molecule has 0 bridgehead atoms. The van der Waals surface area contributed by atoms with Crippen molar-refractivity contribution in [2.24, 2.45) is 12.0 Å². The van der Waals surface area contributed by atoms with Crippen molar-refractivity contribution >= 4 is 29.9 Å². The molecule has 1 N–H and O–H groups in total. The molecule has 2 aromatic rings. The summed E-state index contributed by atoms with van der Waals surface area (Å²) in [5.41, 5.74) is 1.06. The number of aliphatic imine (C=N–C) groups is 1. The molecule has 1 aromatic heterocycles.